The van der Waals surface area contributed by atoms with Crippen molar-refractivity contribution in [3.05, 3.63) is 10.4 Å². The lowest BCUT2D eigenvalue weighted by atomic mass is 10.0. The Hall–Kier alpha value is -1.26. The van der Waals surface area contributed by atoms with Gasteiger partial charge in [0.25, 0.3) is 0 Å². The van der Waals surface area contributed by atoms with Crippen LogP contribution in [0.4, 0.5) is 0 Å². The number of azide groups is 1. The van der Waals surface area contributed by atoms with Crippen molar-refractivity contribution in [3.8, 4) is 0 Å². The Morgan fingerprint density at radius 3 is 2.76 bits per heavy atom. The van der Waals surface area contributed by atoms with E-state index in [1.165, 1.54) is 0 Å². The van der Waals surface area contributed by atoms with Gasteiger partial charge in [0.1, 0.15) is 6.04 Å². The summed E-state index contributed by atoms with van der Waals surface area (Å²) in [6.07, 6.45) is 1.47. The molecule has 0 heterocycles. The molecule has 6 nitrogen and oxygen atoms in total. The molecule has 0 spiro atoms. The van der Waals surface area contributed by atoms with Gasteiger partial charge < -0.3 is 10.1 Å². The molecule has 0 aliphatic heterocycles. The first-order chi connectivity index (χ1) is 8.11. The molecule has 0 rings (SSSR count). The third-order valence-electron chi connectivity index (χ3n) is 2.17. The van der Waals surface area contributed by atoms with Gasteiger partial charge in [-0.05, 0) is 37.8 Å². The lowest BCUT2D eigenvalue weighted by Crippen LogP contribution is -2.39. The van der Waals surface area contributed by atoms with Crippen molar-refractivity contribution in [2.75, 3.05) is 19.7 Å². The van der Waals surface area contributed by atoms with Crippen LogP contribution >= 0.6 is 0 Å². The first kappa shape index (κ1) is 15.7. The number of carbonyl (C=O) groups excluding carboxylic acids is 1. The first-order valence-electron chi connectivity index (χ1n) is 6.02. The molecule has 0 saturated carbocycles. The van der Waals surface area contributed by atoms with E-state index in [0.29, 0.717) is 25.6 Å². The molecule has 0 saturated heterocycles. The molecular formula is C11H22N4O2. The van der Waals surface area contributed by atoms with Gasteiger partial charge in [-0.1, -0.05) is 19.0 Å². The monoisotopic (exact) mass is 242 g/mol. The number of rotatable bonds is 9. The molecule has 1 unspecified atom stereocenters. The largest absolute Gasteiger partial charge is 0.465 e. The van der Waals surface area contributed by atoms with Gasteiger partial charge in [0.05, 0.1) is 6.61 Å². The number of nitrogens with zero attached hydrogens (tertiary/aromatic N) is 3. The van der Waals surface area contributed by atoms with Crippen molar-refractivity contribution in [1.82, 2.24) is 5.32 Å². The van der Waals surface area contributed by atoms with Gasteiger partial charge >= 0.3 is 5.97 Å². The number of ether oxygens (including phenoxy) is 1. The summed E-state index contributed by atoms with van der Waals surface area (Å²) >= 11 is 0. The zero-order chi connectivity index (χ0) is 13.1. The van der Waals surface area contributed by atoms with E-state index in [1.807, 2.05) is 0 Å². The average Bonchev–Trinajstić information content (AvgIpc) is 2.27. The molecule has 1 atom stereocenters. The van der Waals surface area contributed by atoms with Gasteiger partial charge in [0.2, 0.25) is 0 Å². The molecule has 0 fully saturated rings. The summed E-state index contributed by atoms with van der Waals surface area (Å²) in [6, 6.07) is -0.263. The van der Waals surface area contributed by atoms with Crippen LogP contribution in [0, 0.1) is 5.92 Å². The van der Waals surface area contributed by atoms with Gasteiger partial charge in [0.15, 0.2) is 0 Å². The molecule has 98 valence electrons. The molecule has 0 aliphatic rings. The van der Waals surface area contributed by atoms with Gasteiger partial charge in [-0.3, -0.25) is 4.79 Å². The Balaban J connectivity index is 4.00. The maximum Gasteiger partial charge on any atom is 0.323 e. The standard InChI is InChI=1S/C11H22N4O2/c1-4-17-11(16)10(8-9(2)3)13-6-5-7-14-15-12/h9-10,13H,4-8H2,1-3H3. The molecule has 0 aromatic rings. The zero-order valence-electron chi connectivity index (χ0n) is 10.8. The lowest BCUT2D eigenvalue weighted by molar-refractivity contribution is -0.146. The van der Waals surface area contributed by atoms with Crippen molar-refractivity contribution in [2.24, 2.45) is 11.0 Å². The number of hydrogen-bond acceptors (Lipinski definition) is 4. The molecule has 6 heteroatoms. The predicted octanol–water partition coefficient (Wildman–Crippen LogP) is 2.25. The van der Waals surface area contributed by atoms with Crippen molar-refractivity contribution in [3.63, 3.8) is 0 Å². The van der Waals surface area contributed by atoms with Gasteiger partial charge in [-0.25, -0.2) is 0 Å². The van der Waals surface area contributed by atoms with Crippen LogP contribution in [-0.4, -0.2) is 31.7 Å². The molecular weight excluding hydrogens is 220 g/mol. The maximum absolute atomic E-state index is 11.6. The highest BCUT2D eigenvalue weighted by molar-refractivity contribution is 5.75. The van der Waals surface area contributed by atoms with E-state index < -0.39 is 0 Å². The maximum atomic E-state index is 11.6. The molecule has 0 amide bonds. The van der Waals surface area contributed by atoms with Crippen molar-refractivity contribution in [1.29, 1.82) is 0 Å². The van der Waals surface area contributed by atoms with Crippen molar-refractivity contribution < 1.29 is 9.53 Å². The fourth-order valence-corrected chi connectivity index (χ4v) is 1.45. The topological polar surface area (TPSA) is 87.1 Å². The summed E-state index contributed by atoms with van der Waals surface area (Å²) in [5.74, 6) is 0.221. The van der Waals surface area contributed by atoms with E-state index in [1.54, 1.807) is 6.92 Å². The first-order valence-corrected chi connectivity index (χ1v) is 6.02. The van der Waals surface area contributed by atoms with Crippen molar-refractivity contribution >= 4 is 5.97 Å². The summed E-state index contributed by atoms with van der Waals surface area (Å²) in [5, 5.41) is 6.57. The number of nitrogens with one attached hydrogen (secondary N) is 1. The second kappa shape index (κ2) is 9.93. The number of hydrogen-bond donors (Lipinski definition) is 1. The third kappa shape index (κ3) is 8.54. The van der Waals surface area contributed by atoms with Gasteiger partial charge in [0, 0.05) is 11.5 Å². The summed E-state index contributed by atoms with van der Waals surface area (Å²) < 4.78 is 5.00. The minimum absolute atomic E-state index is 0.204. The fourth-order valence-electron chi connectivity index (χ4n) is 1.45. The number of esters is 1. The number of carbonyl (C=O) groups is 1. The highest BCUT2D eigenvalue weighted by Gasteiger charge is 2.19. The molecule has 0 radical (unpaired) electrons. The quantitative estimate of drug-likeness (QED) is 0.221. The SMILES string of the molecule is CCOC(=O)C(CC(C)C)NCCCN=[N+]=[N-]. The minimum Gasteiger partial charge on any atom is -0.465 e. The summed E-state index contributed by atoms with van der Waals surface area (Å²) in [4.78, 5) is 14.3. The molecule has 1 N–H and O–H groups in total. The summed E-state index contributed by atoms with van der Waals surface area (Å²) in [6.45, 7) is 7.41. The smallest absolute Gasteiger partial charge is 0.323 e. The van der Waals surface area contributed by atoms with Crippen LogP contribution in [-0.2, 0) is 9.53 Å². The van der Waals surface area contributed by atoms with Crippen LogP contribution in [0.25, 0.3) is 10.4 Å². The van der Waals surface area contributed by atoms with Crippen LogP contribution < -0.4 is 5.32 Å². The highest BCUT2D eigenvalue weighted by Crippen LogP contribution is 2.06. The fraction of sp³-hybridized carbons (Fsp3) is 0.909. The lowest BCUT2D eigenvalue weighted by Gasteiger charge is -2.18. The Bertz CT molecular complexity index is 262. The highest BCUT2D eigenvalue weighted by atomic mass is 16.5. The Morgan fingerprint density at radius 2 is 2.24 bits per heavy atom. The van der Waals surface area contributed by atoms with E-state index in [9.17, 15) is 4.79 Å². The van der Waals surface area contributed by atoms with E-state index in [0.717, 1.165) is 12.8 Å². The van der Waals surface area contributed by atoms with Gasteiger partial charge in [-0.15, -0.1) is 0 Å². The Labute approximate surface area is 102 Å². The average molecular weight is 242 g/mol. The van der Waals surface area contributed by atoms with Crippen molar-refractivity contribution in [2.45, 2.75) is 39.7 Å². The zero-order valence-corrected chi connectivity index (χ0v) is 10.8. The summed E-state index contributed by atoms with van der Waals surface area (Å²) in [7, 11) is 0. The second-order valence-corrected chi connectivity index (χ2v) is 4.20. The van der Waals surface area contributed by atoms with Crippen LogP contribution in [0.5, 0.6) is 0 Å². The Morgan fingerprint density at radius 1 is 1.53 bits per heavy atom. The van der Waals surface area contributed by atoms with E-state index in [4.69, 9.17) is 10.3 Å². The summed E-state index contributed by atoms with van der Waals surface area (Å²) in [5.41, 5.74) is 8.12. The normalized spacial score (nSPS) is 12.0. The molecule has 0 aromatic carbocycles. The molecule has 17 heavy (non-hydrogen) atoms. The minimum atomic E-state index is -0.263. The van der Waals surface area contributed by atoms with E-state index in [2.05, 4.69) is 29.2 Å². The predicted molar refractivity (Wildman–Crippen MR) is 66.5 cm³/mol. The van der Waals surface area contributed by atoms with Crippen LogP contribution in [0.2, 0.25) is 0 Å². The molecule has 0 bridgehead atoms. The molecule has 0 aromatic heterocycles. The van der Waals surface area contributed by atoms with E-state index in [-0.39, 0.29) is 12.0 Å². The Kier molecular flexibility index (Phi) is 9.19. The van der Waals surface area contributed by atoms with E-state index >= 15 is 0 Å². The third-order valence-corrected chi connectivity index (χ3v) is 2.17. The van der Waals surface area contributed by atoms with Crippen LogP contribution in [0.15, 0.2) is 5.11 Å². The van der Waals surface area contributed by atoms with Crippen LogP contribution in [0.3, 0.4) is 0 Å². The second-order valence-electron chi connectivity index (χ2n) is 4.20. The van der Waals surface area contributed by atoms with Gasteiger partial charge in [-0.2, -0.15) is 0 Å². The molecule has 0 aliphatic carbocycles. The van der Waals surface area contributed by atoms with Crippen LogP contribution in [0.1, 0.15) is 33.6 Å².